The van der Waals surface area contributed by atoms with E-state index in [1.165, 1.54) is 37.2 Å². The standard InChI is InChI=1S/C19H26BrN3O2/c1-3-9-25-19-14(20)10-13(11-15(19)24-4-2)17-18-16(21-22-17)12-5-7-23(18)8-6-12/h10-12,17-18,22H,3-9H2,1-2H3. The van der Waals surface area contributed by atoms with E-state index in [4.69, 9.17) is 14.6 Å². The molecule has 0 radical (unpaired) electrons. The van der Waals surface area contributed by atoms with Gasteiger partial charge in [-0.2, -0.15) is 5.10 Å². The molecule has 1 aromatic carbocycles. The van der Waals surface area contributed by atoms with Crippen molar-refractivity contribution in [2.45, 2.75) is 45.2 Å². The maximum Gasteiger partial charge on any atom is 0.175 e. The molecular weight excluding hydrogens is 382 g/mol. The number of benzene rings is 1. The van der Waals surface area contributed by atoms with E-state index in [-0.39, 0.29) is 6.04 Å². The van der Waals surface area contributed by atoms with Gasteiger partial charge in [-0.1, -0.05) is 6.92 Å². The summed E-state index contributed by atoms with van der Waals surface area (Å²) < 4.78 is 12.7. The number of ether oxygens (including phenoxy) is 2. The van der Waals surface area contributed by atoms with Crippen LogP contribution in [0.25, 0.3) is 0 Å². The molecule has 4 heterocycles. The van der Waals surface area contributed by atoms with Crippen molar-refractivity contribution in [2.24, 2.45) is 11.0 Å². The second kappa shape index (κ2) is 7.16. The first kappa shape index (κ1) is 17.2. The van der Waals surface area contributed by atoms with Crippen LogP contribution in [0, 0.1) is 5.92 Å². The zero-order chi connectivity index (χ0) is 17.4. The number of rotatable bonds is 6. The summed E-state index contributed by atoms with van der Waals surface area (Å²) in [7, 11) is 0. The minimum Gasteiger partial charge on any atom is -0.490 e. The van der Waals surface area contributed by atoms with Crippen LogP contribution in [0.15, 0.2) is 21.7 Å². The molecule has 2 unspecified atom stereocenters. The van der Waals surface area contributed by atoms with Crippen molar-refractivity contribution in [3.05, 3.63) is 22.2 Å². The van der Waals surface area contributed by atoms with Gasteiger partial charge in [0.05, 0.1) is 35.5 Å². The minimum absolute atomic E-state index is 0.189. The first-order valence-electron chi connectivity index (χ1n) is 9.39. The van der Waals surface area contributed by atoms with E-state index < -0.39 is 0 Å². The number of fused-ring (bicyclic) bond motifs is 2. The van der Waals surface area contributed by atoms with Gasteiger partial charge in [-0.25, -0.2) is 0 Å². The molecule has 2 bridgehead atoms. The highest BCUT2D eigenvalue weighted by Crippen LogP contribution is 2.43. The SMILES string of the molecule is CCCOc1c(Br)cc(C2NN=C3C4CCN(CC4)C32)cc1OCC. The van der Waals surface area contributed by atoms with Gasteiger partial charge in [0, 0.05) is 5.92 Å². The Bertz CT molecular complexity index is 671. The highest BCUT2D eigenvalue weighted by Gasteiger charge is 2.47. The third kappa shape index (κ3) is 3.04. The Balaban J connectivity index is 1.64. The Morgan fingerprint density at radius 2 is 2.04 bits per heavy atom. The second-order valence-corrected chi connectivity index (χ2v) is 7.86. The van der Waals surface area contributed by atoms with Crippen LogP contribution in [-0.2, 0) is 0 Å². The minimum atomic E-state index is 0.189. The molecule has 0 aromatic heterocycles. The normalized spacial score (nSPS) is 29.8. The van der Waals surface area contributed by atoms with E-state index in [0.29, 0.717) is 25.2 Å². The number of hydrogen-bond acceptors (Lipinski definition) is 5. The molecular formula is C19H26BrN3O2. The lowest BCUT2D eigenvalue weighted by molar-refractivity contribution is 0.133. The van der Waals surface area contributed by atoms with Crippen molar-refractivity contribution >= 4 is 21.6 Å². The Morgan fingerprint density at radius 3 is 2.76 bits per heavy atom. The molecule has 1 N–H and O–H groups in total. The lowest BCUT2D eigenvalue weighted by atomic mass is 9.78. The lowest BCUT2D eigenvalue weighted by Gasteiger charge is -2.45. The van der Waals surface area contributed by atoms with Crippen molar-refractivity contribution in [1.82, 2.24) is 10.3 Å². The molecule has 4 aliphatic heterocycles. The van der Waals surface area contributed by atoms with Crippen molar-refractivity contribution in [2.75, 3.05) is 26.3 Å². The van der Waals surface area contributed by atoms with Crippen molar-refractivity contribution < 1.29 is 9.47 Å². The Hall–Kier alpha value is -1.27. The van der Waals surface area contributed by atoms with Crippen LogP contribution in [0.1, 0.15) is 44.7 Å². The fraction of sp³-hybridized carbons (Fsp3) is 0.632. The maximum atomic E-state index is 5.91. The molecule has 136 valence electrons. The van der Waals surface area contributed by atoms with E-state index in [1.807, 2.05) is 6.92 Å². The van der Waals surface area contributed by atoms with E-state index in [2.05, 4.69) is 45.3 Å². The fourth-order valence-electron chi connectivity index (χ4n) is 4.29. The third-order valence-electron chi connectivity index (χ3n) is 5.43. The molecule has 0 saturated carbocycles. The Kier molecular flexibility index (Phi) is 4.91. The van der Waals surface area contributed by atoms with Crippen molar-refractivity contribution in [1.29, 1.82) is 0 Å². The van der Waals surface area contributed by atoms with Crippen LogP contribution in [0.3, 0.4) is 0 Å². The van der Waals surface area contributed by atoms with E-state index >= 15 is 0 Å². The van der Waals surface area contributed by atoms with Gasteiger partial charge in [0.15, 0.2) is 11.5 Å². The van der Waals surface area contributed by atoms with Crippen LogP contribution in [0.4, 0.5) is 0 Å². The van der Waals surface area contributed by atoms with Gasteiger partial charge in [0.2, 0.25) is 0 Å². The van der Waals surface area contributed by atoms with Gasteiger partial charge in [-0.15, -0.1) is 0 Å². The monoisotopic (exact) mass is 407 g/mol. The topological polar surface area (TPSA) is 46.1 Å². The quantitative estimate of drug-likeness (QED) is 0.779. The summed E-state index contributed by atoms with van der Waals surface area (Å²) in [6.07, 6.45) is 3.47. The third-order valence-corrected chi connectivity index (χ3v) is 6.02. The summed E-state index contributed by atoms with van der Waals surface area (Å²) in [6, 6.07) is 4.86. The molecule has 1 aromatic rings. The molecule has 25 heavy (non-hydrogen) atoms. The predicted molar refractivity (Wildman–Crippen MR) is 102 cm³/mol. The van der Waals surface area contributed by atoms with Gasteiger partial charge in [0.1, 0.15) is 0 Å². The summed E-state index contributed by atoms with van der Waals surface area (Å²) in [5, 5.41) is 4.71. The number of hydrazone groups is 1. The zero-order valence-electron chi connectivity index (χ0n) is 14.9. The lowest BCUT2D eigenvalue weighted by Crippen LogP contribution is -2.56. The number of piperidine rings is 3. The molecule has 0 aliphatic carbocycles. The summed E-state index contributed by atoms with van der Waals surface area (Å²) in [4.78, 5) is 2.58. The van der Waals surface area contributed by atoms with Gasteiger partial charge in [-0.3, -0.25) is 4.90 Å². The van der Waals surface area contributed by atoms with Gasteiger partial charge < -0.3 is 14.9 Å². The summed E-state index contributed by atoms with van der Waals surface area (Å²) in [6.45, 7) is 7.79. The highest BCUT2D eigenvalue weighted by molar-refractivity contribution is 9.10. The van der Waals surface area contributed by atoms with Crippen molar-refractivity contribution in [3.63, 3.8) is 0 Å². The molecule has 6 heteroatoms. The summed E-state index contributed by atoms with van der Waals surface area (Å²) >= 11 is 3.69. The van der Waals surface area contributed by atoms with Crippen LogP contribution in [0.2, 0.25) is 0 Å². The number of hydrogen-bond donors (Lipinski definition) is 1. The smallest absolute Gasteiger partial charge is 0.175 e. The van der Waals surface area contributed by atoms with Crippen LogP contribution >= 0.6 is 15.9 Å². The molecule has 2 atom stereocenters. The van der Waals surface area contributed by atoms with Crippen LogP contribution in [0.5, 0.6) is 11.5 Å². The van der Waals surface area contributed by atoms with Gasteiger partial charge >= 0.3 is 0 Å². The first-order valence-corrected chi connectivity index (χ1v) is 10.2. The van der Waals surface area contributed by atoms with E-state index in [0.717, 1.165) is 22.4 Å². The Morgan fingerprint density at radius 1 is 1.24 bits per heavy atom. The molecule has 3 saturated heterocycles. The molecule has 3 fully saturated rings. The maximum absolute atomic E-state index is 5.91. The fourth-order valence-corrected chi connectivity index (χ4v) is 4.86. The molecule has 4 aliphatic rings. The second-order valence-electron chi connectivity index (χ2n) is 7.01. The predicted octanol–water partition coefficient (Wildman–Crippen LogP) is 3.73. The van der Waals surface area contributed by atoms with E-state index in [9.17, 15) is 0 Å². The van der Waals surface area contributed by atoms with Crippen molar-refractivity contribution in [3.8, 4) is 11.5 Å². The number of halogens is 1. The summed E-state index contributed by atoms with van der Waals surface area (Å²) in [5.41, 5.74) is 5.96. The summed E-state index contributed by atoms with van der Waals surface area (Å²) in [5.74, 6) is 2.28. The average Bonchev–Trinajstić information content (AvgIpc) is 3.09. The largest absolute Gasteiger partial charge is 0.490 e. The van der Waals surface area contributed by atoms with Crippen LogP contribution < -0.4 is 14.9 Å². The number of nitrogens with zero attached hydrogens (tertiary/aromatic N) is 2. The van der Waals surface area contributed by atoms with Gasteiger partial charge in [-0.05, 0) is 72.9 Å². The van der Waals surface area contributed by atoms with E-state index in [1.54, 1.807) is 0 Å². The average molecular weight is 408 g/mol. The highest BCUT2D eigenvalue weighted by atomic mass is 79.9. The Labute approximate surface area is 157 Å². The van der Waals surface area contributed by atoms with Crippen LogP contribution in [-0.4, -0.2) is 43.0 Å². The molecule has 0 amide bonds. The first-order chi connectivity index (χ1) is 12.2. The zero-order valence-corrected chi connectivity index (χ0v) is 16.5. The molecule has 5 nitrogen and oxygen atoms in total. The molecule has 0 spiro atoms. The van der Waals surface area contributed by atoms with Gasteiger partial charge in [0.25, 0.3) is 0 Å². The number of nitrogens with one attached hydrogen (secondary N) is 1. The molecule has 5 rings (SSSR count).